The Balaban J connectivity index is 2.77. The topological polar surface area (TPSA) is 70.0 Å². The van der Waals surface area contributed by atoms with E-state index in [9.17, 15) is 9.59 Å². The first-order valence-corrected chi connectivity index (χ1v) is 6.86. The van der Waals surface area contributed by atoms with Crippen molar-refractivity contribution in [2.45, 2.75) is 33.6 Å². The van der Waals surface area contributed by atoms with Crippen molar-refractivity contribution in [3.63, 3.8) is 0 Å². The molecule has 0 fully saturated rings. The summed E-state index contributed by atoms with van der Waals surface area (Å²) in [7, 11) is 0. The van der Waals surface area contributed by atoms with Gasteiger partial charge in [-0.1, -0.05) is 32.9 Å². The summed E-state index contributed by atoms with van der Waals surface area (Å²) in [5.74, 6) is -2.40. The normalized spacial score (nSPS) is 13.1. The number of anilines is 1. The highest BCUT2D eigenvalue weighted by molar-refractivity contribution is 6.09. The Morgan fingerprint density at radius 1 is 1.25 bits per heavy atom. The summed E-state index contributed by atoms with van der Waals surface area (Å²) in [6.07, 6.45) is 1.54. The number of nitrogens with zero attached hydrogens (tertiary/aromatic N) is 1. The summed E-state index contributed by atoms with van der Waals surface area (Å²) < 4.78 is 0. The van der Waals surface area contributed by atoms with Gasteiger partial charge in [0.15, 0.2) is 11.7 Å². The van der Waals surface area contributed by atoms with Gasteiger partial charge in [0.1, 0.15) is 0 Å². The highest BCUT2D eigenvalue weighted by Crippen LogP contribution is 2.15. The first kappa shape index (κ1) is 15.9. The van der Waals surface area contributed by atoms with Gasteiger partial charge in [-0.05, 0) is 30.5 Å². The minimum Gasteiger partial charge on any atom is -0.325 e. The lowest BCUT2D eigenvalue weighted by atomic mass is 9.92. The molecule has 0 saturated carbocycles. The van der Waals surface area contributed by atoms with Gasteiger partial charge in [-0.3, -0.25) is 9.59 Å². The van der Waals surface area contributed by atoms with Crippen LogP contribution in [0.2, 0.25) is 0 Å². The standard InChI is InChI=1S/C16H20N2O2/c1-4-11(3)15(19)14(10-17)16(20)18-13-8-6-12(5-2)7-9-13/h6-9,11,14H,4-5H2,1-3H3,(H,18,20). The zero-order chi connectivity index (χ0) is 15.1. The zero-order valence-electron chi connectivity index (χ0n) is 12.1. The number of hydrogen-bond acceptors (Lipinski definition) is 3. The number of Topliss-reactive ketones (excluding diaryl/α,β-unsaturated/α-hetero) is 1. The minimum absolute atomic E-state index is 0.284. The van der Waals surface area contributed by atoms with E-state index < -0.39 is 11.8 Å². The van der Waals surface area contributed by atoms with E-state index in [1.807, 2.05) is 26.0 Å². The van der Waals surface area contributed by atoms with E-state index in [4.69, 9.17) is 5.26 Å². The number of nitriles is 1. The molecule has 2 atom stereocenters. The predicted molar refractivity (Wildman–Crippen MR) is 78.0 cm³/mol. The van der Waals surface area contributed by atoms with Crippen molar-refractivity contribution in [3.8, 4) is 6.07 Å². The van der Waals surface area contributed by atoms with Crippen molar-refractivity contribution in [2.75, 3.05) is 5.32 Å². The molecule has 4 heteroatoms. The Morgan fingerprint density at radius 2 is 1.85 bits per heavy atom. The fourth-order valence-corrected chi connectivity index (χ4v) is 1.78. The molecule has 1 aromatic carbocycles. The Morgan fingerprint density at radius 3 is 2.30 bits per heavy atom. The lowest BCUT2D eigenvalue weighted by Crippen LogP contribution is -2.31. The molecule has 0 aliphatic heterocycles. The van der Waals surface area contributed by atoms with Gasteiger partial charge >= 0.3 is 0 Å². The van der Waals surface area contributed by atoms with Crippen LogP contribution in [0.25, 0.3) is 0 Å². The van der Waals surface area contributed by atoms with Crippen LogP contribution in [0.3, 0.4) is 0 Å². The van der Waals surface area contributed by atoms with Gasteiger partial charge in [-0.25, -0.2) is 0 Å². The van der Waals surface area contributed by atoms with Crippen LogP contribution in [0.4, 0.5) is 5.69 Å². The Bertz CT molecular complexity index is 514. The van der Waals surface area contributed by atoms with Crippen LogP contribution in [0, 0.1) is 23.2 Å². The maximum absolute atomic E-state index is 12.0. The Kier molecular flexibility index (Phi) is 5.92. The van der Waals surface area contributed by atoms with Crippen molar-refractivity contribution in [1.29, 1.82) is 5.26 Å². The largest absolute Gasteiger partial charge is 0.325 e. The number of aryl methyl sites for hydroxylation is 1. The second-order valence-corrected chi connectivity index (χ2v) is 4.81. The number of benzene rings is 1. The molecule has 106 valence electrons. The smallest absolute Gasteiger partial charge is 0.249 e. The SMILES string of the molecule is CCc1ccc(NC(=O)C(C#N)C(=O)C(C)CC)cc1. The third-order valence-electron chi connectivity index (χ3n) is 3.40. The van der Waals surface area contributed by atoms with Crippen molar-refractivity contribution >= 4 is 17.4 Å². The fourth-order valence-electron chi connectivity index (χ4n) is 1.78. The highest BCUT2D eigenvalue weighted by atomic mass is 16.2. The molecule has 0 spiro atoms. The van der Waals surface area contributed by atoms with Gasteiger partial charge in [0, 0.05) is 11.6 Å². The second-order valence-electron chi connectivity index (χ2n) is 4.81. The molecule has 4 nitrogen and oxygen atoms in total. The van der Waals surface area contributed by atoms with Crippen LogP contribution in [0.15, 0.2) is 24.3 Å². The van der Waals surface area contributed by atoms with Crippen molar-refractivity contribution in [2.24, 2.45) is 11.8 Å². The van der Waals surface area contributed by atoms with Crippen molar-refractivity contribution < 1.29 is 9.59 Å². The van der Waals surface area contributed by atoms with E-state index in [-0.39, 0.29) is 11.7 Å². The van der Waals surface area contributed by atoms with Gasteiger partial charge in [0.05, 0.1) is 6.07 Å². The van der Waals surface area contributed by atoms with Gasteiger partial charge in [0.2, 0.25) is 5.91 Å². The average molecular weight is 272 g/mol. The van der Waals surface area contributed by atoms with E-state index in [1.54, 1.807) is 25.1 Å². The van der Waals surface area contributed by atoms with Crippen LogP contribution in [-0.4, -0.2) is 11.7 Å². The van der Waals surface area contributed by atoms with Gasteiger partial charge in [-0.15, -0.1) is 0 Å². The molecule has 0 saturated heterocycles. The maximum atomic E-state index is 12.0. The highest BCUT2D eigenvalue weighted by Gasteiger charge is 2.29. The molecule has 0 radical (unpaired) electrons. The Hall–Kier alpha value is -2.15. The molecule has 1 amide bonds. The molecule has 0 aliphatic rings. The molecule has 20 heavy (non-hydrogen) atoms. The van der Waals surface area contributed by atoms with Crippen LogP contribution in [0.5, 0.6) is 0 Å². The third kappa shape index (κ3) is 3.92. The van der Waals surface area contributed by atoms with Gasteiger partial charge < -0.3 is 5.32 Å². The molecule has 0 bridgehead atoms. The number of ketones is 1. The number of carbonyl (C=O) groups excluding carboxylic acids is 2. The first-order chi connectivity index (χ1) is 9.53. The quantitative estimate of drug-likeness (QED) is 0.809. The van der Waals surface area contributed by atoms with E-state index in [0.29, 0.717) is 12.1 Å². The molecular weight excluding hydrogens is 252 g/mol. The summed E-state index contributed by atoms with van der Waals surface area (Å²) in [4.78, 5) is 24.0. The van der Waals surface area contributed by atoms with Crippen LogP contribution < -0.4 is 5.32 Å². The second kappa shape index (κ2) is 7.44. The molecule has 1 aromatic rings. The lowest BCUT2D eigenvalue weighted by molar-refractivity contribution is -0.131. The predicted octanol–water partition coefficient (Wildman–Crippen LogP) is 2.94. The van der Waals surface area contributed by atoms with E-state index in [2.05, 4.69) is 5.32 Å². The van der Waals surface area contributed by atoms with E-state index in [0.717, 1.165) is 12.0 Å². The monoisotopic (exact) mass is 272 g/mol. The number of amides is 1. The average Bonchev–Trinajstić information content (AvgIpc) is 2.47. The summed E-state index contributed by atoms with van der Waals surface area (Å²) in [6.45, 7) is 5.64. The molecule has 0 aromatic heterocycles. The third-order valence-corrected chi connectivity index (χ3v) is 3.40. The molecule has 1 N–H and O–H groups in total. The van der Waals surface area contributed by atoms with Crippen molar-refractivity contribution in [3.05, 3.63) is 29.8 Å². The lowest BCUT2D eigenvalue weighted by Gasteiger charge is -2.13. The summed E-state index contributed by atoms with van der Waals surface area (Å²) in [5.41, 5.74) is 1.76. The first-order valence-electron chi connectivity index (χ1n) is 6.86. The maximum Gasteiger partial charge on any atom is 0.249 e. The fraction of sp³-hybridized carbons (Fsp3) is 0.438. The summed E-state index contributed by atoms with van der Waals surface area (Å²) in [5, 5.41) is 11.7. The Labute approximate surface area is 119 Å². The minimum atomic E-state index is -1.24. The number of hydrogen-bond donors (Lipinski definition) is 1. The number of nitrogens with one attached hydrogen (secondary N) is 1. The zero-order valence-corrected chi connectivity index (χ0v) is 12.1. The molecular formula is C16H20N2O2. The van der Waals surface area contributed by atoms with Gasteiger partial charge in [-0.2, -0.15) is 5.26 Å². The number of rotatable bonds is 6. The summed E-state index contributed by atoms with van der Waals surface area (Å²) >= 11 is 0. The summed E-state index contributed by atoms with van der Waals surface area (Å²) in [6, 6.07) is 9.17. The molecule has 0 heterocycles. The van der Waals surface area contributed by atoms with Crippen molar-refractivity contribution in [1.82, 2.24) is 0 Å². The van der Waals surface area contributed by atoms with Gasteiger partial charge in [0.25, 0.3) is 0 Å². The number of carbonyl (C=O) groups is 2. The van der Waals surface area contributed by atoms with Crippen LogP contribution >= 0.6 is 0 Å². The van der Waals surface area contributed by atoms with Crippen LogP contribution in [-0.2, 0) is 16.0 Å². The van der Waals surface area contributed by atoms with E-state index >= 15 is 0 Å². The molecule has 0 aliphatic carbocycles. The van der Waals surface area contributed by atoms with E-state index in [1.165, 1.54) is 0 Å². The molecule has 1 rings (SSSR count). The molecule has 2 unspecified atom stereocenters. The van der Waals surface area contributed by atoms with Crippen LogP contribution in [0.1, 0.15) is 32.8 Å².